The van der Waals surface area contributed by atoms with Crippen LogP contribution in [0.15, 0.2) is 24.3 Å². The Morgan fingerprint density at radius 3 is 2.68 bits per heavy atom. The minimum absolute atomic E-state index is 0.0836. The SMILES string of the molecule is O=C1COc2ccccc2[C@H]2CC[C@H](CC2)OC[C@H]2[C@@H](NS(=O)(=O)CCO)CCCN12. The fourth-order valence-electron chi connectivity index (χ4n) is 5.07. The molecule has 3 heterocycles. The van der Waals surface area contributed by atoms with Gasteiger partial charge in [0.1, 0.15) is 5.75 Å². The predicted octanol–water partition coefficient (Wildman–Crippen LogP) is 1.39. The van der Waals surface area contributed by atoms with Gasteiger partial charge in [0.05, 0.1) is 31.1 Å². The molecule has 1 saturated carbocycles. The summed E-state index contributed by atoms with van der Waals surface area (Å²) in [6, 6.07) is 7.10. The number of aliphatic hydroxyl groups is 1. The monoisotopic (exact) mass is 452 g/mol. The third kappa shape index (κ3) is 5.39. The highest BCUT2D eigenvalue weighted by molar-refractivity contribution is 7.89. The smallest absolute Gasteiger partial charge is 0.260 e. The van der Waals surface area contributed by atoms with Gasteiger partial charge in [-0.2, -0.15) is 0 Å². The zero-order valence-electron chi connectivity index (χ0n) is 17.7. The van der Waals surface area contributed by atoms with Crippen molar-refractivity contribution >= 4 is 15.9 Å². The molecule has 2 N–H and O–H groups in total. The number of benzene rings is 1. The van der Waals surface area contributed by atoms with E-state index in [1.807, 2.05) is 18.2 Å². The molecule has 0 aromatic heterocycles. The average Bonchev–Trinajstić information content (AvgIpc) is 2.77. The summed E-state index contributed by atoms with van der Waals surface area (Å²) < 4.78 is 39.5. The van der Waals surface area contributed by atoms with Crippen LogP contribution < -0.4 is 9.46 Å². The third-order valence-electron chi connectivity index (χ3n) is 6.68. The van der Waals surface area contributed by atoms with Crippen LogP contribution in [0.4, 0.5) is 0 Å². The number of aliphatic hydroxyl groups excluding tert-OH is 1. The zero-order chi connectivity index (χ0) is 21.8. The van der Waals surface area contributed by atoms with E-state index in [0.29, 0.717) is 31.9 Å². The standard InChI is InChI=1S/C22H32N2O6S/c25-12-13-31(27,28)23-19-5-3-11-24-20(19)14-29-17-9-7-16(8-10-17)18-4-1-2-6-21(18)30-15-22(24)26/h1-2,4,6,16-17,19-20,23,25H,3,5,7-15H2/t16-,17+,19-,20-/m0/s1. The molecule has 172 valence electrons. The van der Waals surface area contributed by atoms with Crippen LogP contribution in [0, 0.1) is 0 Å². The molecule has 2 fully saturated rings. The van der Waals surface area contributed by atoms with Gasteiger partial charge in [-0.25, -0.2) is 13.1 Å². The molecule has 1 aromatic carbocycles. The zero-order valence-corrected chi connectivity index (χ0v) is 18.6. The minimum atomic E-state index is -3.63. The average molecular weight is 453 g/mol. The number of sulfonamides is 1. The first kappa shape index (κ1) is 22.5. The van der Waals surface area contributed by atoms with Crippen molar-refractivity contribution < 1.29 is 27.8 Å². The quantitative estimate of drug-likeness (QED) is 0.715. The van der Waals surface area contributed by atoms with Gasteiger partial charge in [0, 0.05) is 12.6 Å². The Kier molecular flexibility index (Phi) is 7.15. The van der Waals surface area contributed by atoms with Crippen LogP contribution in [0.5, 0.6) is 5.75 Å². The minimum Gasteiger partial charge on any atom is -0.483 e. The maximum Gasteiger partial charge on any atom is 0.260 e. The van der Waals surface area contributed by atoms with Crippen LogP contribution in [0.1, 0.15) is 50.0 Å². The second-order valence-electron chi connectivity index (χ2n) is 8.70. The van der Waals surface area contributed by atoms with Crippen LogP contribution in [0.2, 0.25) is 0 Å². The molecule has 31 heavy (non-hydrogen) atoms. The van der Waals surface area contributed by atoms with Gasteiger partial charge in [0.15, 0.2) is 6.61 Å². The Bertz CT molecular complexity index is 869. The summed E-state index contributed by atoms with van der Waals surface area (Å²) in [7, 11) is -3.63. The van der Waals surface area contributed by atoms with Crippen molar-refractivity contribution in [3.05, 3.63) is 29.8 Å². The van der Waals surface area contributed by atoms with Gasteiger partial charge in [-0.05, 0) is 56.1 Å². The predicted molar refractivity (Wildman–Crippen MR) is 115 cm³/mol. The number of nitrogens with one attached hydrogen (secondary N) is 1. The lowest BCUT2D eigenvalue weighted by molar-refractivity contribution is -0.140. The number of piperidine rings is 1. The number of ether oxygens (including phenoxy) is 2. The largest absolute Gasteiger partial charge is 0.483 e. The topological polar surface area (TPSA) is 105 Å². The van der Waals surface area contributed by atoms with E-state index >= 15 is 0 Å². The molecule has 1 saturated heterocycles. The molecule has 4 aliphatic rings. The Labute approximate surface area is 184 Å². The van der Waals surface area contributed by atoms with E-state index in [1.165, 1.54) is 0 Å². The molecule has 8 nitrogen and oxygen atoms in total. The molecule has 1 amide bonds. The highest BCUT2D eigenvalue weighted by Crippen LogP contribution is 2.38. The molecule has 0 spiro atoms. The summed E-state index contributed by atoms with van der Waals surface area (Å²) in [6.45, 7) is 0.311. The van der Waals surface area contributed by atoms with E-state index in [4.69, 9.17) is 14.6 Å². The maximum absolute atomic E-state index is 13.1. The first-order chi connectivity index (χ1) is 15.0. The van der Waals surface area contributed by atoms with Crippen LogP contribution in [0.3, 0.4) is 0 Å². The van der Waals surface area contributed by atoms with Gasteiger partial charge in [-0.3, -0.25) is 4.79 Å². The Morgan fingerprint density at radius 1 is 1.13 bits per heavy atom. The lowest BCUT2D eigenvalue weighted by atomic mass is 9.82. The Hall–Kier alpha value is -1.68. The molecule has 0 unspecified atom stereocenters. The first-order valence-corrected chi connectivity index (χ1v) is 12.9. The van der Waals surface area contributed by atoms with Gasteiger partial charge in [-0.1, -0.05) is 18.2 Å². The summed E-state index contributed by atoms with van der Waals surface area (Å²) in [6.07, 6.45) is 5.29. The number of fused-ring (bicyclic) bond motifs is 5. The second kappa shape index (κ2) is 9.85. The molecule has 1 aromatic rings. The third-order valence-corrected chi connectivity index (χ3v) is 8.06. The van der Waals surface area contributed by atoms with Crippen LogP contribution in [-0.2, 0) is 19.6 Å². The van der Waals surface area contributed by atoms with E-state index in [1.54, 1.807) is 4.90 Å². The van der Waals surface area contributed by atoms with Crippen molar-refractivity contribution in [2.24, 2.45) is 0 Å². The molecular weight excluding hydrogens is 420 g/mol. The molecule has 3 aliphatic heterocycles. The number of nitrogens with zero attached hydrogens (tertiary/aromatic N) is 1. The van der Waals surface area contributed by atoms with E-state index < -0.39 is 28.7 Å². The Morgan fingerprint density at radius 2 is 1.90 bits per heavy atom. The molecule has 9 heteroatoms. The Balaban J connectivity index is 1.58. The highest BCUT2D eigenvalue weighted by atomic mass is 32.2. The number of rotatable bonds is 4. The van der Waals surface area contributed by atoms with Crippen LogP contribution >= 0.6 is 0 Å². The highest BCUT2D eigenvalue weighted by Gasteiger charge is 2.38. The molecule has 5 rings (SSSR count). The molecular formula is C22H32N2O6S. The van der Waals surface area contributed by atoms with Gasteiger partial charge in [-0.15, -0.1) is 0 Å². The van der Waals surface area contributed by atoms with Gasteiger partial charge in [0.25, 0.3) is 5.91 Å². The lowest BCUT2D eigenvalue weighted by Crippen LogP contribution is -2.60. The number of hydrogen-bond acceptors (Lipinski definition) is 6. The maximum atomic E-state index is 13.1. The van der Waals surface area contributed by atoms with Crippen molar-refractivity contribution in [2.45, 2.75) is 62.6 Å². The van der Waals surface area contributed by atoms with E-state index in [9.17, 15) is 13.2 Å². The van der Waals surface area contributed by atoms with Crippen molar-refractivity contribution in [1.82, 2.24) is 9.62 Å². The van der Waals surface area contributed by atoms with Crippen molar-refractivity contribution in [3.63, 3.8) is 0 Å². The summed E-state index contributed by atoms with van der Waals surface area (Å²) in [5.41, 5.74) is 1.15. The van der Waals surface area contributed by atoms with Crippen LogP contribution in [-0.4, -0.2) is 74.6 Å². The van der Waals surface area contributed by atoms with Gasteiger partial charge in [0.2, 0.25) is 10.0 Å². The summed E-state index contributed by atoms with van der Waals surface area (Å²) in [4.78, 5) is 14.8. The van der Waals surface area contributed by atoms with Gasteiger partial charge < -0.3 is 19.5 Å². The summed E-state index contributed by atoms with van der Waals surface area (Å²) in [5.74, 6) is 0.636. The van der Waals surface area contributed by atoms with Crippen molar-refractivity contribution in [1.29, 1.82) is 0 Å². The number of carbonyl (C=O) groups is 1. The fourth-order valence-corrected chi connectivity index (χ4v) is 6.16. The van der Waals surface area contributed by atoms with Crippen molar-refractivity contribution in [2.75, 3.05) is 32.1 Å². The first-order valence-electron chi connectivity index (χ1n) is 11.2. The summed E-state index contributed by atoms with van der Waals surface area (Å²) in [5, 5.41) is 9.07. The number of hydrogen-bond donors (Lipinski definition) is 2. The number of carbonyl (C=O) groups excluding carboxylic acids is 1. The second-order valence-corrected chi connectivity index (χ2v) is 10.6. The molecule has 0 radical (unpaired) electrons. The molecule has 2 bridgehead atoms. The van der Waals surface area contributed by atoms with E-state index in [2.05, 4.69) is 10.8 Å². The normalized spacial score (nSPS) is 29.7. The van der Waals surface area contributed by atoms with E-state index in [0.717, 1.165) is 37.0 Å². The van der Waals surface area contributed by atoms with E-state index in [-0.39, 0.29) is 24.4 Å². The number of amides is 1. The fraction of sp³-hybridized carbons (Fsp3) is 0.682. The van der Waals surface area contributed by atoms with Crippen LogP contribution in [0.25, 0.3) is 0 Å². The van der Waals surface area contributed by atoms with Gasteiger partial charge >= 0.3 is 0 Å². The molecule has 2 atom stereocenters. The van der Waals surface area contributed by atoms with Crippen molar-refractivity contribution in [3.8, 4) is 5.75 Å². The number of para-hydroxylation sites is 1. The molecule has 1 aliphatic carbocycles. The lowest BCUT2D eigenvalue weighted by Gasteiger charge is -2.42. The summed E-state index contributed by atoms with van der Waals surface area (Å²) >= 11 is 0.